The summed E-state index contributed by atoms with van der Waals surface area (Å²) in [6, 6.07) is 5.15. The number of hydrogen-bond acceptors (Lipinski definition) is 4. The van der Waals surface area contributed by atoms with Crippen molar-refractivity contribution in [3.8, 4) is 0 Å². The Labute approximate surface area is 124 Å². The number of carbonyl (C=O) groups excluding carboxylic acids is 1. The van der Waals surface area contributed by atoms with Gasteiger partial charge in [0.15, 0.2) is 5.16 Å². The van der Waals surface area contributed by atoms with E-state index < -0.39 is 5.97 Å². The van der Waals surface area contributed by atoms with Crippen molar-refractivity contribution >= 4 is 46.3 Å². The monoisotopic (exact) mass is 313 g/mol. The maximum atomic E-state index is 11.6. The molecule has 1 aromatic carbocycles. The third-order valence-electron chi connectivity index (χ3n) is 2.58. The largest absolute Gasteiger partial charge is 0.481 e. The number of fused-ring (bicyclic) bond motifs is 1. The van der Waals surface area contributed by atoms with Crippen LogP contribution in [-0.4, -0.2) is 39.3 Å². The van der Waals surface area contributed by atoms with Gasteiger partial charge in [0, 0.05) is 12.1 Å². The van der Waals surface area contributed by atoms with Gasteiger partial charge >= 0.3 is 5.97 Å². The van der Waals surface area contributed by atoms with Crippen molar-refractivity contribution in [3.05, 3.63) is 23.2 Å². The number of imidazole rings is 1. The van der Waals surface area contributed by atoms with Gasteiger partial charge < -0.3 is 15.0 Å². The number of carbonyl (C=O) groups is 2. The molecule has 0 fully saturated rings. The van der Waals surface area contributed by atoms with E-state index in [2.05, 4.69) is 10.3 Å². The highest BCUT2D eigenvalue weighted by Crippen LogP contribution is 2.26. The second kappa shape index (κ2) is 6.15. The van der Waals surface area contributed by atoms with Crippen molar-refractivity contribution in [1.82, 2.24) is 14.9 Å². The zero-order chi connectivity index (χ0) is 14.7. The lowest BCUT2D eigenvalue weighted by Crippen LogP contribution is -2.23. The lowest BCUT2D eigenvalue weighted by molar-refractivity contribution is -0.133. The Morgan fingerprint density at radius 3 is 2.90 bits per heavy atom. The molecule has 0 aliphatic rings. The molecule has 2 N–H and O–H groups in total. The molecule has 106 valence electrons. The molecular weight excluding hydrogens is 302 g/mol. The Hall–Kier alpha value is -1.73. The molecule has 1 heterocycles. The quantitative estimate of drug-likeness (QED) is 0.819. The highest BCUT2D eigenvalue weighted by Gasteiger charge is 2.15. The van der Waals surface area contributed by atoms with Crippen molar-refractivity contribution in [2.24, 2.45) is 0 Å². The molecular formula is C12H12ClN3O3S. The molecule has 1 amide bonds. The van der Waals surface area contributed by atoms with Crippen molar-refractivity contribution in [3.63, 3.8) is 0 Å². The van der Waals surface area contributed by atoms with Gasteiger partial charge in [0.05, 0.1) is 16.8 Å². The predicted molar refractivity (Wildman–Crippen MR) is 77.2 cm³/mol. The number of amides is 1. The number of aliphatic carboxylic acids is 1. The van der Waals surface area contributed by atoms with Crippen molar-refractivity contribution in [1.29, 1.82) is 0 Å². The molecule has 2 rings (SSSR count). The molecule has 0 unspecified atom stereocenters. The summed E-state index contributed by atoms with van der Waals surface area (Å²) < 4.78 is 1.66. The lowest BCUT2D eigenvalue weighted by Gasteiger charge is -2.07. The molecule has 0 bridgehead atoms. The molecule has 0 aliphatic carbocycles. The molecule has 0 saturated heterocycles. The maximum Gasteiger partial charge on any atom is 0.313 e. The van der Waals surface area contributed by atoms with E-state index >= 15 is 0 Å². The smallest absolute Gasteiger partial charge is 0.313 e. The summed E-state index contributed by atoms with van der Waals surface area (Å²) in [7, 11) is 1.54. The molecule has 0 spiro atoms. The van der Waals surface area contributed by atoms with Crippen LogP contribution in [0.1, 0.15) is 0 Å². The summed E-state index contributed by atoms with van der Waals surface area (Å²) in [5.41, 5.74) is 1.38. The van der Waals surface area contributed by atoms with E-state index in [0.717, 1.165) is 11.8 Å². The molecule has 8 heteroatoms. The molecule has 0 aliphatic heterocycles. The van der Waals surface area contributed by atoms with Crippen LogP contribution in [0.5, 0.6) is 0 Å². The van der Waals surface area contributed by atoms with Crippen LogP contribution in [-0.2, 0) is 16.1 Å². The van der Waals surface area contributed by atoms with E-state index in [4.69, 9.17) is 16.7 Å². The Balaban J connectivity index is 2.45. The number of thioether (sulfide) groups is 1. The van der Waals surface area contributed by atoms with Crippen LogP contribution in [0.4, 0.5) is 0 Å². The summed E-state index contributed by atoms with van der Waals surface area (Å²) in [4.78, 5) is 26.6. The zero-order valence-electron chi connectivity index (χ0n) is 10.6. The first-order chi connectivity index (χ1) is 9.51. The fourth-order valence-electron chi connectivity index (χ4n) is 1.69. The summed E-state index contributed by atoms with van der Waals surface area (Å²) in [6.07, 6.45) is 0. The Bertz CT molecular complexity index is 671. The predicted octanol–water partition coefficient (Wildman–Crippen LogP) is 1.61. The van der Waals surface area contributed by atoms with Gasteiger partial charge in [0.25, 0.3) is 0 Å². The van der Waals surface area contributed by atoms with E-state index in [0.29, 0.717) is 21.2 Å². The summed E-state index contributed by atoms with van der Waals surface area (Å²) in [5.74, 6) is -1.25. The Morgan fingerprint density at radius 1 is 1.50 bits per heavy atom. The molecule has 1 aromatic heterocycles. The third kappa shape index (κ3) is 3.23. The summed E-state index contributed by atoms with van der Waals surface area (Å²) >= 11 is 7.02. The van der Waals surface area contributed by atoms with E-state index in [1.807, 2.05) is 0 Å². The second-order valence-electron chi connectivity index (χ2n) is 3.97. The lowest BCUT2D eigenvalue weighted by atomic mass is 10.3. The molecule has 2 aromatic rings. The number of likely N-dealkylation sites (N-methyl/N-ethyl adjacent to an activating group) is 1. The fraction of sp³-hybridized carbons (Fsp3) is 0.250. The van der Waals surface area contributed by atoms with Gasteiger partial charge in [-0.15, -0.1) is 0 Å². The zero-order valence-corrected chi connectivity index (χ0v) is 12.2. The summed E-state index contributed by atoms with van der Waals surface area (Å²) in [6.45, 7) is 0.0648. The van der Waals surface area contributed by atoms with Gasteiger partial charge in [0.2, 0.25) is 5.91 Å². The normalized spacial score (nSPS) is 10.7. The average Bonchev–Trinajstić information content (AvgIpc) is 2.74. The van der Waals surface area contributed by atoms with Crippen LogP contribution in [0, 0.1) is 0 Å². The first-order valence-electron chi connectivity index (χ1n) is 5.72. The van der Waals surface area contributed by atoms with Gasteiger partial charge in [-0.25, -0.2) is 4.98 Å². The van der Waals surface area contributed by atoms with Crippen LogP contribution >= 0.6 is 23.4 Å². The van der Waals surface area contributed by atoms with E-state index in [1.54, 1.807) is 29.8 Å². The van der Waals surface area contributed by atoms with Crippen LogP contribution in [0.2, 0.25) is 5.02 Å². The minimum Gasteiger partial charge on any atom is -0.481 e. The first kappa shape index (κ1) is 14.7. The Morgan fingerprint density at radius 2 is 2.25 bits per heavy atom. The molecule has 6 nitrogen and oxygen atoms in total. The number of halogens is 1. The number of nitrogens with one attached hydrogen (secondary N) is 1. The number of carboxylic acids is 1. The Kier molecular flexibility index (Phi) is 4.51. The number of benzene rings is 1. The third-order valence-corrected chi connectivity index (χ3v) is 3.78. The molecule has 0 radical (unpaired) electrons. The maximum absolute atomic E-state index is 11.6. The number of hydrogen-bond donors (Lipinski definition) is 2. The number of aromatic nitrogens is 2. The topological polar surface area (TPSA) is 84.2 Å². The van der Waals surface area contributed by atoms with E-state index in [1.165, 1.54) is 0 Å². The number of carboxylic acid groups (broad SMARTS) is 1. The van der Waals surface area contributed by atoms with Crippen LogP contribution in [0.25, 0.3) is 11.0 Å². The van der Waals surface area contributed by atoms with Crippen LogP contribution in [0.15, 0.2) is 23.4 Å². The molecule has 0 saturated carbocycles. The van der Waals surface area contributed by atoms with Crippen molar-refractivity contribution < 1.29 is 14.7 Å². The summed E-state index contributed by atoms with van der Waals surface area (Å²) in [5, 5.41) is 12.3. The standard InChI is InChI=1S/C12H12ClN3O3S/c1-14-10(17)5-16-9-4-7(13)2-3-8(9)15-12(16)20-6-11(18)19/h2-4H,5-6H2,1H3,(H,14,17)(H,18,19). The fourth-order valence-corrected chi connectivity index (χ4v) is 2.59. The van der Waals surface area contributed by atoms with Crippen LogP contribution < -0.4 is 5.32 Å². The average molecular weight is 314 g/mol. The number of nitrogens with zero attached hydrogens (tertiary/aromatic N) is 2. The van der Waals surface area contributed by atoms with E-state index in [-0.39, 0.29) is 18.2 Å². The van der Waals surface area contributed by atoms with E-state index in [9.17, 15) is 9.59 Å². The van der Waals surface area contributed by atoms with Crippen molar-refractivity contribution in [2.45, 2.75) is 11.7 Å². The molecule has 0 atom stereocenters. The minimum absolute atomic E-state index is 0.0648. The van der Waals surface area contributed by atoms with Gasteiger partial charge in [-0.3, -0.25) is 9.59 Å². The first-order valence-corrected chi connectivity index (χ1v) is 7.08. The van der Waals surface area contributed by atoms with Gasteiger partial charge in [0.1, 0.15) is 6.54 Å². The van der Waals surface area contributed by atoms with Gasteiger partial charge in [-0.1, -0.05) is 23.4 Å². The SMILES string of the molecule is CNC(=O)Cn1c(SCC(=O)O)nc2ccc(Cl)cc21. The minimum atomic E-state index is -0.938. The highest BCUT2D eigenvalue weighted by molar-refractivity contribution is 7.99. The second-order valence-corrected chi connectivity index (χ2v) is 5.35. The van der Waals surface area contributed by atoms with Crippen LogP contribution in [0.3, 0.4) is 0 Å². The number of rotatable bonds is 5. The molecule has 20 heavy (non-hydrogen) atoms. The van der Waals surface area contributed by atoms with Crippen molar-refractivity contribution in [2.75, 3.05) is 12.8 Å². The highest BCUT2D eigenvalue weighted by atomic mass is 35.5. The van der Waals surface area contributed by atoms with Gasteiger partial charge in [-0.2, -0.15) is 0 Å². The van der Waals surface area contributed by atoms with Gasteiger partial charge in [-0.05, 0) is 18.2 Å².